The third kappa shape index (κ3) is 5.86. The first-order valence-corrected chi connectivity index (χ1v) is 12.6. The van der Waals surface area contributed by atoms with Crippen molar-refractivity contribution in [2.45, 2.75) is 38.1 Å². The van der Waals surface area contributed by atoms with Crippen molar-refractivity contribution < 1.29 is 9.47 Å². The Morgan fingerprint density at radius 3 is 2.58 bits per heavy atom. The molecule has 1 saturated heterocycles. The molecule has 0 radical (unpaired) electrons. The largest absolute Gasteiger partial charge is 0.494 e. The van der Waals surface area contributed by atoms with Crippen LogP contribution in [0, 0.1) is 5.41 Å². The van der Waals surface area contributed by atoms with Crippen molar-refractivity contribution in [3.8, 4) is 5.75 Å². The lowest BCUT2D eigenvalue weighted by molar-refractivity contribution is 0.122. The van der Waals surface area contributed by atoms with Gasteiger partial charge in [-0.1, -0.05) is 19.3 Å². The van der Waals surface area contributed by atoms with Crippen LogP contribution in [0.15, 0.2) is 18.2 Å². The summed E-state index contributed by atoms with van der Waals surface area (Å²) in [4.78, 5) is 11.6. The number of nitrogens with zero attached hydrogens (tertiary/aromatic N) is 3. The lowest BCUT2D eigenvalue weighted by Crippen LogP contribution is -2.36. The summed E-state index contributed by atoms with van der Waals surface area (Å²) < 4.78 is 11.4. The Balaban J connectivity index is 1.62. The van der Waals surface area contributed by atoms with E-state index < -0.39 is 0 Å². The van der Waals surface area contributed by atoms with E-state index in [9.17, 15) is 0 Å². The van der Waals surface area contributed by atoms with Gasteiger partial charge >= 0.3 is 0 Å². The van der Waals surface area contributed by atoms with Gasteiger partial charge in [0.2, 0.25) is 5.95 Å². The van der Waals surface area contributed by atoms with Gasteiger partial charge < -0.3 is 30.1 Å². The zero-order chi connectivity index (χ0) is 23.2. The molecule has 4 rings (SSSR count). The Bertz CT molecular complexity index is 981. The molecule has 2 heterocycles. The molecule has 0 amide bonds. The van der Waals surface area contributed by atoms with Crippen LogP contribution in [-0.2, 0) is 4.74 Å². The molecule has 1 atom stereocenters. The zero-order valence-electron chi connectivity index (χ0n) is 18.8. The van der Waals surface area contributed by atoms with Crippen LogP contribution in [0.4, 0.5) is 29.0 Å². The first-order valence-electron chi connectivity index (χ1n) is 11.3. The van der Waals surface area contributed by atoms with E-state index in [4.69, 9.17) is 19.9 Å². The highest BCUT2D eigenvalue weighted by Crippen LogP contribution is 2.34. The molecule has 2 aliphatic rings. The average Bonchev–Trinajstić information content (AvgIpc) is 2.85. The molecule has 2 fully saturated rings. The number of hydrogen-bond acceptors (Lipinski definition) is 9. The van der Waals surface area contributed by atoms with Crippen LogP contribution >= 0.6 is 25.3 Å². The Hall–Kier alpha value is -2.16. The Kier molecular flexibility index (Phi) is 8.22. The molecular weight excluding hydrogens is 505 g/mol. The zero-order valence-corrected chi connectivity index (χ0v) is 21.5. The minimum atomic E-state index is 0.227. The lowest BCUT2D eigenvalue weighted by atomic mass is 9.95. The minimum Gasteiger partial charge on any atom is -0.494 e. The summed E-state index contributed by atoms with van der Waals surface area (Å²) in [5, 5.41) is 18.1. The first-order chi connectivity index (χ1) is 16.1. The number of rotatable bonds is 8. The van der Waals surface area contributed by atoms with Crippen LogP contribution in [0.5, 0.6) is 5.75 Å². The van der Waals surface area contributed by atoms with Gasteiger partial charge in [-0.15, -0.1) is 0 Å². The van der Waals surface area contributed by atoms with E-state index in [1.807, 2.05) is 12.1 Å². The van der Waals surface area contributed by atoms with E-state index >= 15 is 0 Å². The van der Waals surface area contributed by atoms with Gasteiger partial charge in [-0.05, 0) is 50.3 Å². The van der Waals surface area contributed by atoms with Crippen molar-refractivity contribution in [2.75, 3.05) is 54.0 Å². The quantitative estimate of drug-likeness (QED) is 0.284. The van der Waals surface area contributed by atoms with Gasteiger partial charge in [0.1, 0.15) is 22.0 Å². The van der Waals surface area contributed by atoms with Crippen LogP contribution in [0.1, 0.15) is 37.7 Å². The summed E-state index contributed by atoms with van der Waals surface area (Å²) >= 11 is 3.31. The summed E-state index contributed by atoms with van der Waals surface area (Å²) in [5.74, 6) is 2.31. The third-order valence-corrected chi connectivity index (χ3v) is 6.69. The SMILES string of the molecule is COc1cc(N2CCOCC2)ccc1Nc1nc(NP)c(C(=N)Br)c(NC2CCCCC2)n1. The van der Waals surface area contributed by atoms with Crippen LogP contribution in [0.25, 0.3) is 0 Å². The topological polar surface area (TPSA) is 107 Å². The molecule has 0 bridgehead atoms. The van der Waals surface area contributed by atoms with Gasteiger partial charge in [-0.2, -0.15) is 9.97 Å². The predicted octanol–water partition coefficient (Wildman–Crippen LogP) is 4.73. The highest BCUT2D eigenvalue weighted by atomic mass is 79.9. The maximum atomic E-state index is 8.21. The number of nitrogens with one attached hydrogen (secondary N) is 4. The molecule has 1 aliphatic heterocycles. The second-order valence-electron chi connectivity index (χ2n) is 8.17. The first kappa shape index (κ1) is 24.0. The van der Waals surface area contributed by atoms with Gasteiger partial charge in [0.05, 0.1) is 31.6 Å². The molecule has 178 valence electrons. The minimum absolute atomic E-state index is 0.227. The lowest BCUT2D eigenvalue weighted by Gasteiger charge is -2.29. The number of halogens is 1. The van der Waals surface area contributed by atoms with Gasteiger partial charge in [-0.3, -0.25) is 5.41 Å². The smallest absolute Gasteiger partial charge is 0.231 e. The Morgan fingerprint density at radius 2 is 1.91 bits per heavy atom. The second kappa shape index (κ2) is 11.3. The maximum Gasteiger partial charge on any atom is 0.231 e. The number of ether oxygens (including phenoxy) is 2. The molecule has 0 spiro atoms. The number of morpholine rings is 1. The van der Waals surface area contributed by atoms with Crippen molar-refractivity contribution >= 4 is 58.9 Å². The molecule has 11 heteroatoms. The number of benzene rings is 1. The third-order valence-electron chi connectivity index (χ3n) is 6.02. The van der Waals surface area contributed by atoms with E-state index in [0.717, 1.165) is 50.5 Å². The fourth-order valence-electron chi connectivity index (χ4n) is 4.30. The number of methoxy groups -OCH3 is 1. The molecule has 1 saturated carbocycles. The van der Waals surface area contributed by atoms with Crippen molar-refractivity contribution in [3.63, 3.8) is 0 Å². The Morgan fingerprint density at radius 1 is 1.18 bits per heavy atom. The molecule has 9 nitrogen and oxygen atoms in total. The molecule has 1 unspecified atom stereocenters. The van der Waals surface area contributed by atoms with Crippen LogP contribution < -0.4 is 25.4 Å². The predicted molar refractivity (Wildman–Crippen MR) is 141 cm³/mol. The molecule has 33 heavy (non-hydrogen) atoms. The molecule has 2 aromatic rings. The average molecular weight is 536 g/mol. The van der Waals surface area contributed by atoms with Crippen molar-refractivity contribution in [2.24, 2.45) is 0 Å². The van der Waals surface area contributed by atoms with Crippen molar-refractivity contribution in [3.05, 3.63) is 23.8 Å². The molecule has 1 aromatic heterocycles. The second-order valence-corrected chi connectivity index (χ2v) is 9.25. The molecule has 1 aliphatic carbocycles. The summed E-state index contributed by atoms with van der Waals surface area (Å²) in [6, 6.07) is 6.41. The number of aromatic nitrogens is 2. The number of anilines is 5. The monoisotopic (exact) mass is 535 g/mol. The van der Waals surface area contributed by atoms with E-state index in [2.05, 4.69) is 57.0 Å². The summed E-state index contributed by atoms with van der Waals surface area (Å²) in [6.07, 6.45) is 5.88. The van der Waals surface area contributed by atoms with Gasteiger partial charge in [0, 0.05) is 30.9 Å². The summed E-state index contributed by atoms with van der Waals surface area (Å²) in [5.41, 5.74) is 2.47. The van der Waals surface area contributed by atoms with Crippen molar-refractivity contribution in [1.29, 1.82) is 5.41 Å². The summed E-state index contributed by atoms with van der Waals surface area (Å²) in [7, 11) is 4.12. The molecule has 1 aromatic carbocycles. The van der Waals surface area contributed by atoms with E-state index in [-0.39, 0.29) is 4.62 Å². The number of hydrogen-bond donors (Lipinski definition) is 4. The molecular formula is C22H31BrN7O2P. The van der Waals surface area contributed by atoms with Gasteiger partial charge in [0.25, 0.3) is 0 Å². The van der Waals surface area contributed by atoms with Gasteiger partial charge in [0.15, 0.2) is 0 Å². The maximum absolute atomic E-state index is 8.21. The highest BCUT2D eigenvalue weighted by Gasteiger charge is 2.22. The van der Waals surface area contributed by atoms with Crippen LogP contribution in [0.2, 0.25) is 0 Å². The van der Waals surface area contributed by atoms with E-state index in [1.54, 1.807) is 7.11 Å². The van der Waals surface area contributed by atoms with Crippen LogP contribution in [0.3, 0.4) is 0 Å². The van der Waals surface area contributed by atoms with Gasteiger partial charge in [-0.25, -0.2) is 0 Å². The molecule has 4 N–H and O–H groups in total. The fraction of sp³-hybridized carbons (Fsp3) is 0.500. The Labute approximate surface area is 205 Å². The van der Waals surface area contributed by atoms with Crippen molar-refractivity contribution in [1.82, 2.24) is 9.97 Å². The highest BCUT2D eigenvalue weighted by molar-refractivity contribution is 9.18. The van der Waals surface area contributed by atoms with E-state index in [0.29, 0.717) is 34.9 Å². The fourth-order valence-corrected chi connectivity index (χ4v) is 4.88. The van der Waals surface area contributed by atoms with E-state index in [1.165, 1.54) is 19.3 Å². The standard InChI is InChI=1S/C22H31BrN7O2P/c1-31-17-13-15(30-9-11-32-12-10-30)7-8-16(17)26-22-27-20(25-14-5-3-2-4-6-14)18(19(23)24)21(28-22)29-33/h7-8,13-14,24H,2-6,9-12,33H2,1H3,(H3,25,26,27,28,29). The normalized spacial score (nSPS) is 16.9. The van der Waals surface area contributed by atoms with Crippen LogP contribution in [-0.4, -0.2) is 54.0 Å². The summed E-state index contributed by atoms with van der Waals surface area (Å²) in [6.45, 7) is 3.18.